The molecule has 122 valence electrons. The number of para-hydroxylation sites is 2. The van der Waals surface area contributed by atoms with E-state index < -0.39 is 5.91 Å². The lowest BCUT2D eigenvalue weighted by Crippen LogP contribution is -2.28. The van der Waals surface area contributed by atoms with Gasteiger partial charge in [0.15, 0.2) is 0 Å². The lowest BCUT2D eigenvalue weighted by Gasteiger charge is -2.16. The fourth-order valence-electron chi connectivity index (χ4n) is 2.36. The predicted octanol–water partition coefficient (Wildman–Crippen LogP) is 4.03. The molecule has 1 aliphatic rings. The topological polar surface area (TPSA) is 66.8 Å². The Morgan fingerprint density at radius 1 is 1.17 bits per heavy atom. The van der Waals surface area contributed by atoms with E-state index >= 15 is 0 Å². The van der Waals surface area contributed by atoms with Crippen LogP contribution in [0.5, 0.6) is 11.5 Å². The largest absolute Gasteiger partial charge is 0.508 e. The number of phenolic OH excluding ortho intramolecular Hbond substituents is 1. The third-order valence-electron chi connectivity index (χ3n) is 3.37. The number of hydrogen-bond donors (Lipinski definition) is 1. The fourth-order valence-corrected chi connectivity index (χ4v) is 3.20. The number of ether oxygens (including phenoxy) is 1. The maximum Gasteiger partial charge on any atom is 0.298 e. The number of nitrogens with zero attached hydrogens (tertiary/aromatic N) is 1. The minimum Gasteiger partial charge on any atom is -0.508 e. The van der Waals surface area contributed by atoms with Gasteiger partial charge in [-0.05, 0) is 54.6 Å². The zero-order valence-corrected chi connectivity index (χ0v) is 13.7. The lowest BCUT2D eigenvalue weighted by molar-refractivity contribution is -0.113. The number of carbonyl (C=O) groups excluding carboxylic acids is 2. The van der Waals surface area contributed by atoms with Crippen LogP contribution in [-0.4, -0.2) is 22.9 Å². The first kappa shape index (κ1) is 16.1. The Labute approximate surface area is 143 Å². The van der Waals surface area contributed by atoms with Gasteiger partial charge in [0.25, 0.3) is 11.1 Å². The fraction of sp³-hybridized carbons (Fsp3) is 0.111. The van der Waals surface area contributed by atoms with E-state index in [2.05, 4.69) is 0 Å². The maximum atomic E-state index is 12.7. The molecule has 0 aromatic heterocycles. The van der Waals surface area contributed by atoms with Crippen molar-refractivity contribution in [1.82, 2.24) is 0 Å². The van der Waals surface area contributed by atoms with Crippen molar-refractivity contribution in [2.45, 2.75) is 6.92 Å². The van der Waals surface area contributed by atoms with Crippen molar-refractivity contribution in [2.75, 3.05) is 11.5 Å². The number of carbonyl (C=O) groups is 2. The zero-order valence-electron chi connectivity index (χ0n) is 12.9. The highest BCUT2D eigenvalue weighted by Gasteiger charge is 2.37. The first-order valence-corrected chi connectivity index (χ1v) is 8.20. The molecule has 0 aliphatic carbocycles. The summed E-state index contributed by atoms with van der Waals surface area (Å²) in [6.07, 6.45) is 1.59. The van der Waals surface area contributed by atoms with Crippen LogP contribution >= 0.6 is 11.8 Å². The van der Waals surface area contributed by atoms with Gasteiger partial charge in [0.1, 0.15) is 11.5 Å². The van der Waals surface area contributed by atoms with Gasteiger partial charge in [-0.1, -0.05) is 24.3 Å². The van der Waals surface area contributed by atoms with Crippen molar-refractivity contribution in [1.29, 1.82) is 0 Å². The quantitative estimate of drug-likeness (QED) is 0.851. The molecule has 2 amide bonds. The van der Waals surface area contributed by atoms with Crippen molar-refractivity contribution in [3.8, 4) is 11.5 Å². The summed E-state index contributed by atoms with van der Waals surface area (Å²) < 4.78 is 5.51. The number of rotatable bonds is 4. The highest BCUT2D eigenvalue weighted by molar-refractivity contribution is 8.19. The second kappa shape index (κ2) is 6.80. The first-order chi connectivity index (χ1) is 11.6. The molecule has 0 radical (unpaired) electrons. The van der Waals surface area contributed by atoms with Crippen LogP contribution in [0.4, 0.5) is 10.5 Å². The number of anilines is 1. The molecule has 1 fully saturated rings. The summed E-state index contributed by atoms with van der Waals surface area (Å²) in [4.78, 5) is 26.4. The summed E-state index contributed by atoms with van der Waals surface area (Å²) in [7, 11) is 0. The molecule has 1 aliphatic heterocycles. The Morgan fingerprint density at radius 2 is 1.96 bits per heavy atom. The van der Waals surface area contributed by atoms with Crippen LogP contribution in [0.1, 0.15) is 12.5 Å². The maximum absolute atomic E-state index is 12.7. The summed E-state index contributed by atoms with van der Waals surface area (Å²) in [5.41, 5.74) is 1.08. The summed E-state index contributed by atoms with van der Waals surface area (Å²) in [6, 6.07) is 13.4. The van der Waals surface area contributed by atoms with Crippen LogP contribution in [-0.2, 0) is 4.79 Å². The Hall–Kier alpha value is -2.73. The third kappa shape index (κ3) is 3.14. The van der Waals surface area contributed by atoms with E-state index in [9.17, 15) is 14.7 Å². The van der Waals surface area contributed by atoms with E-state index in [0.29, 0.717) is 28.5 Å². The Balaban J connectivity index is 1.95. The number of hydrogen-bond acceptors (Lipinski definition) is 5. The van der Waals surface area contributed by atoms with Gasteiger partial charge in [0, 0.05) is 0 Å². The smallest absolute Gasteiger partial charge is 0.298 e. The molecule has 0 spiro atoms. The number of aromatic hydroxyl groups is 1. The monoisotopic (exact) mass is 341 g/mol. The Kier molecular flexibility index (Phi) is 4.57. The standard InChI is InChI=1S/C18H15NO4S/c1-2-23-15-9-4-3-8-14(15)19-17(21)16(24-18(19)22)11-12-6-5-7-13(20)10-12/h3-11,20H,2H2,1H3/b16-11-. The molecule has 0 saturated carbocycles. The molecule has 2 aromatic rings. The second-order valence-electron chi connectivity index (χ2n) is 5.01. The van der Waals surface area contributed by atoms with Gasteiger partial charge in [-0.2, -0.15) is 0 Å². The van der Waals surface area contributed by atoms with Gasteiger partial charge < -0.3 is 9.84 Å². The highest BCUT2D eigenvalue weighted by atomic mass is 32.2. The molecule has 0 atom stereocenters. The lowest BCUT2D eigenvalue weighted by atomic mass is 10.2. The molecule has 1 N–H and O–H groups in total. The summed E-state index contributed by atoms with van der Waals surface area (Å²) in [5.74, 6) is 0.186. The molecule has 2 aromatic carbocycles. The van der Waals surface area contributed by atoms with E-state index in [4.69, 9.17) is 4.74 Å². The summed E-state index contributed by atoms with van der Waals surface area (Å²) in [6.45, 7) is 2.28. The van der Waals surface area contributed by atoms with Crippen LogP contribution in [0.15, 0.2) is 53.4 Å². The van der Waals surface area contributed by atoms with E-state index in [0.717, 1.165) is 16.7 Å². The van der Waals surface area contributed by atoms with Gasteiger partial charge >= 0.3 is 0 Å². The molecule has 6 heteroatoms. The molecular formula is C18H15NO4S. The molecule has 1 saturated heterocycles. The van der Waals surface area contributed by atoms with Crippen molar-refractivity contribution in [3.63, 3.8) is 0 Å². The van der Waals surface area contributed by atoms with Gasteiger partial charge in [-0.3, -0.25) is 9.59 Å². The van der Waals surface area contributed by atoms with Crippen LogP contribution in [0, 0.1) is 0 Å². The van der Waals surface area contributed by atoms with Crippen LogP contribution in [0.25, 0.3) is 6.08 Å². The van der Waals surface area contributed by atoms with Gasteiger partial charge in [0.2, 0.25) is 0 Å². The first-order valence-electron chi connectivity index (χ1n) is 7.39. The average molecular weight is 341 g/mol. The minimum atomic E-state index is -0.402. The van der Waals surface area contributed by atoms with Crippen LogP contribution in [0.3, 0.4) is 0 Å². The number of imide groups is 1. The molecular weight excluding hydrogens is 326 g/mol. The summed E-state index contributed by atoms with van der Waals surface area (Å²) >= 11 is 0.865. The summed E-state index contributed by atoms with van der Waals surface area (Å²) in [5, 5.41) is 9.14. The second-order valence-corrected chi connectivity index (χ2v) is 6.01. The Morgan fingerprint density at radius 3 is 2.71 bits per heavy atom. The van der Waals surface area contributed by atoms with Gasteiger partial charge in [0.05, 0.1) is 17.2 Å². The van der Waals surface area contributed by atoms with Gasteiger partial charge in [-0.25, -0.2) is 4.90 Å². The molecule has 0 unspecified atom stereocenters. The highest BCUT2D eigenvalue weighted by Crippen LogP contribution is 2.39. The molecule has 5 nitrogen and oxygen atoms in total. The third-order valence-corrected chi connectivity index (χ3v) is 4.24. The van der Waals surface area contributed by atoms with E-state index in [1.54, 1.807) is 48.5 Å². The normalized spacial score (nSPS) is 16.0. The molecule has 1 heterocycles. The van der Waals surface area contributed by atoms with Crippen molar-refractivity contribution in [2.24, 2.45) is 0 Å². The minimum absolute atomic E-state index is 0.102. The number of phenols is 1. The Bertz CT molecular complexity index is 831. The number of amides is 2. The average Bonchev–Trinajstić information content (AvgIpc) is 2.82. The SMILES string of the molecule is CCOc1ccccc1N1C(=O)S/C(=C\c2cccc(O)c2)C1=O. The van der Waals surface area contributed by atoms with Crippen LogP contribution in [0.2, 0.25) is 0 Å². The van der Waals surface area contributed by atoms with Gasteiger partial charge in [-0.15, -0.1) is 0 Å². The predicted molar refractivity (Wildman–Crippen MR) is 94.2 cm³/mol. The van der Waals surface area contributed by atoms with E-state index in [-0.39, 0.29) is 11.0 Å². The molecule has 3 rings (SSSR count). The van der Waals surface area contributed by atoms with Crippen molar-refractivity contribution >= 4 is 34.7 Å². The van der Waals surface area contributed by atoms with Crippen molar-refractivity contribution < 1.29 is 19.4 Å². The number of thioether (sulfide) groups is 1. The van der Waals surface area contributed by atoms with Crippen LogP contribution < -0.4 is 9.64 Å². The zero-order chi connectivity index (χ0) is 17.1. The molecule has 0 bridgehead atoms. The number of benzene rings is 2. The van der Waals surface area contributed by atoms with E-state index in [1.807, 2.05) is 6.92 Å². The van der Waals surface area contributed by atoms with Crippen molar-refractivity contribution in [3.05, 3.63) is 59.0 Å². The van der Waals surface area contributed by atoms with E-state index in [1.165, 1.54) is 6.07 Å². The molecule has 24 heavy (non-hydrogen) atoms.